The van der Waals surface area contributed by atoms with Gasteiger partial charge in [-0.25, -0.2) is 4.39 Å². The Morgan fingerprint density at radius 3 is 2.63 bits per heavy atom. The van der Waals surface area contributed by atoms with E-state index >= 15 is 0 Å². The lowest BCUT2D eigenvalue weighted by Gasteiger charge is -2.12. The van der Waals surface area contributed by atoms with Crippen LogP contribution in [0.5, 0.6) is 0 Å². The molecular weight excluding hydrogens is 307 g/mol. The molecule has 0 heterocycles. The predicted octanol–water partition coefficient (Wildman–Crippen LogP) is 5.04. The van der Waals surface area contributed by atoms with Crippen LogP contribution in [0, 0.1) is 5.82 Å². The van der Waals surface area contributed by atoms with Gasteiger partial charge in [0.1, 0.15) is 5.82 Å². The lowest BCUT2D eigenvalue weighted by molar-refractivity contribution is 0.622. The summed E-state index contributed by atoms with van der Waals surface area (Å²) in [6.45, 7) is 4.26. The average molecular weight is 323 g/mol. The fraction of sp³-hybridized carbons (Fsp3) is 0.200. The molecule has 4 heteroatoms. The molecule has 0 aliphatic carbocycles. The van der Waals surface area contributed by atoms with Crippen LogP contribution in [0.4, 0.5) is 21.5 Å². The van der Waals surface area contributed by atoms with Crippen molar-refractivity contribution in [3.63, 3.8) is 0 Å². The van der Waals surface area contributed by atoms with Crippen LogP contribution >= 0.6 is 15.9 Å². The molecule has 0 radical (unpaired) electrons. The molecule has 0 aliphatic heterocycles. The van der Waals surface area contributed by atoms with Gasteiger partial charge in [-0.1, -0.05) is 26.0 Å². The Bertz CT molecular complexity index is 597. The molecule has 19 heavy (non-hydrogen) atoms. The van der Waals surface area contributed by atoms with Crippen LogP contribution in [0.3, 0.4) is 0 Å². The largest absolute Gasteiger partial charge is 0.397 e. The second-order valence-corrected chi connectivity index (χ2v) is 5.61. The van der Waals surface area contributed by atoms with Crippen molar-refractivity contribution in [3.05, 3.63) is 52.3 Å². The predicted molar refractivity (Wildman–Crippen MR) is 82.3 cm³/mol. The Kier molecular flexibility index (Phi) is 4.10. The number of nitrogens with two attached hydrogens (primary N) is 1. The summed E-state index contributed by atoms with van der Waals surface area (Å²) in [6.07, 6.45) is 0. The monoisotopic (exact) mass is 322 g/mol. The highest BCUT2D eigenvalue weighted by Gasteiger charge is 2.07. The molecule has 2 aromatic rings. The molecule has 0 atom stereocenters. The first-order chi connectivity index (χ1) is 8.97. The smallest absolute Gasteiger partial charge is 0.139 e. The first-order valence-electron chi connectivity index (χ1n) is 6.09. The Balaban J connectivity index is 2.31. The van der Waals surface area contributed by atoms with Gasteiger partial charge < -0.3 is 11.1 Å². The van der Waals surface area contributed by atoms with Gasteiger partial charge in [0.15, 0.2) is 0 Å². The molecule has 100 valence electrons. The highest BCUT2D eigenvalue weighted by molar-refractivity contribution is 9.10. The summed E-state index contributed by atoms with van der Waals surface area (Å²) in [5, 5.41) is 3.15. The minimum Gasteiger partial charge on any atom is -0.397 e. The van der Waals surface area contributed by atoms with Gasteiger partial charge in [-0.05, 0) is 45.6 Å². The van der Waals surface area contributed by atoms with Crippen LogP contribution in [0.2, 0.25) is 0 Å². The van der Waals surface area contributed by atoms with Gasteiger partial charge in [0, 0.05) is 11.8 Å². The zero-order valence-corrected chi connectivity index (χ0v) is 12.5. The van der Waals surface area contributed by atoms with Crippen molar-refractivity contribution in [2.75, 3.05) is 11.1 Å². The molecule has 0 amide bonds. The van der Waals surface area contributed by atoms with Crippen LogP contribution in [0.25, 0.3) is 0 Å². The van der Waals surface area contributed by atoms with Crippen molar-refractivity contribution < 1.29 is 4.39 Å². The third-order valence-corrected chi connectivity index (χ3v) is 3.53. The molecule has 2 nitrogen and oxygen atoms in total. The number of nitrogen functional groups attached to an aromatic ring is 1. The zero-order chi connectivity index (χ0) is 14.0. The second kappa shape index (κ2) is 5.61. The molecule has 0 spiro atoms. The fourth-order valence-electron chi connectivity index (χ4n) is 1.80. The molecule has 0 bridgehead atoms. The molecular formula is C15H16BrFN2. The number of hydrogen-bond acceptors (Lipinski definition) is 2. The lowest BCUT2D eigenvalue weighted by Crippen LogP contribution is -1.98. The summed E-state index contributed by atoms with van der Waals surface area (Å²) in [6, 6.07) is 11.0. The maximum Gasteiger partial charge on any atom is 0.139 e. The van der Waals surface area contributed by atoms with Crippen molar-refractivity contribution >= 4 is 33.0 Å². The standard InChI is InChI=1S/C15H16BrFN2/c1-9(2)10-4-3-5-11(6-10)19-15-8-13(17)12(16)7-14(15)18/h3-9,19H,18H2,1-2H3. The Morgan fingerprint density at radius 1 is 1.21 bits per heavy atom. The summed E-state index contributed by atoms with van der Waals surface area (Å²) in [7, 11) is 0. The number of hydrogen-bond donors (Lipinski definition) is 2. The van der Waals surface area contributed by atoms with Gasteiger partial charge in [0.25, 0.3) is 0 Å². The van der Waals surface area contributed by atoms with E-state index in [1.54, 1.807) is 6.07 Å². The number of rotatable bonds is 3. The number of benzene rings is 2. The summed E-state index contributed by atoms with van der Waals surface area (Å²) in [5.41, 5.74) is 9.08. The highest BCUT2D eigenvalue weighted by Crippen LogP contribution is 2.29. The molecule has 0 unspecified atom stereocenters. The van der Waals surface area contributed by atoms with E-state index in [9.17, 15) is 4.39 Å². The molecule has 2 rings (SSSR count). The van der Waals surface area contributed by atoms with Crippen molar-refractivity contribution in [3.8, 4) is 0 Å². The van der Waals surface area contributed by atoms with E-state index in [-0.39, 0.29) is 5.82 Å². The summed E-state index contributed by atoms with van der Waals surface area (Å²) < 4.78 is 13.9. The molecule has 0 aromatic heterocycles. The second-order valence-electron chi connectivity index (χ2n) is 4.76. The highest BCUT2D eigenvalue weighted by atomic mass is 79.9. The van der Waals surface area contributed by atoms with E-state index in [1.807, 2.05) is 18.2 Å². The molecule has 0 aliphatic rings. The van der Waals surface area contributed by atoms with Gasteiger partial charge in [-0.3, -0.25) is 0 Å². The number of anilines is 3. The maximum absolute atomic E-state index is 13.5. The maximum atomic E-state index is 13.5. The molecule has 0 saturated carbocycles. The van der Waals surface area contributed by atoms with Crippen molar-refractivity contribution in [2.24, 2.45) is 0 Å². The van der Waals surface area contributed by atoms with Crippen LogP contribution in [0.1, 0.15) is 25.3 Å². The Hall–Kier alpha value is -1.55. The van der Waals surface area contributed by atoms with E-state index in [1.165, 1.54) is 11.6 Å². The minimum absolute atomic E-state index is 0.336. The van der Waals surface area contributed by atoms with Crippen molar-refractivity contribution in [1.29, 1.82) is 0 Å². The van der Waals surface area contributed by atoms with Crippen molar-refractivity contribution in [1.82, 2.24) is 0 Å². The molecule has 0 fully saturated rings. The van der Waals surface area contributed by atoms with E-state index in [2.05, 4.69) is 41.2 Å². The Morgan fingerprint density at radius 2 is 1.95 bits per heavy atom. The topological polar surface area (TPSA) is 38.0 Å². The van der Waals surface area contributed by atoms with Gasteiger partial charge in [-0.15, -0.1) is 0 Å². The lowest BCUT2D eigenvalue weighted by atomic mass is 10.0. The van der Waals surface area contributed by atoms with Gasteiger partial charge in [-0.2, -0.15) is 0 Å². The summed E-state index contributed by atoms with van der Waals surface area (Å²) in [4.78, 5) is 0. The van der Waals surface area contributed by atoms with E-state index < -0.39 is 0 Å². The normalized spacial score (nSPS) is 10.8. The zero-order valence-electron chi connectivity index (χ0n) is 10.9. The SMILES string of the molecule is CC(C)c1cccc(Nc2cc(F)c(Br)cc2N)c1. The fourth-order valence-corrected chi connectivity index (χ4v) is 2.16. The van der Waals surface area contributed by atoms with Crippen LogP contribution < -0.4 is 11.1 Å². The van der Waals surface area contributed by atoms with E-state index in [4.69, 9.17) is 5.73 Å². The van der Waals surface area contributed by atoms with Gasteiger partial charge in [0.2, 0.25) is 0 Å². The summed E-state index contributed by atoms with van der Waals surface area (Å²) in [5.74, 6) is 0.109. The number of halogens is 2. The van der Waals surface area contributed by atoms with Crippen LogP contribution in [0.15, 0.2) is 40.9 Å². The molecule has 0 saturated heterocycles. The number of nitrogens with one attached hydrogen (secondary N) is 1. The van der Waals surface area contributed by atoms with E-state index in [0.717, 1.165) is 5.69 Å². The third-order valence-electron chi connectivity index (χ3n) is 2.92. The summed E-state index contributed by atoms with van der Waals surface area (Å²) >= 11 is 3.11. The van der Waals surface area contributed by atoms with Gasteiger partial charge in [0.05, 0.1) is 15.8 Å². The first kappa shape index (κ1) is 13.9. The minimum atomic E-state index is -0.336. The van der Waals surface area contributed by atoms with Crippen LogP contribution in [-0.4, -0.2) is 0 Å². The third kappa shape index (κ3) is 3.26. The van der Waals surface area contributed by atoms with E-state index in [0.29, 0.717) is 21.8 Å². The van der Waals surface area contributed by atoms with Crippen molar-refractivity contribution in [2.45, 2.75) is 19.8 Å². The molecule has 3 N–H and O–H groups in total. The van der Waals surface area contributed by atoms with Gasteiger partial charge >= 0.3 is 0 Å². The molecule has 2 aromatic carbocycles. The first-order valence-corrected chi connectivity index (χ1v) is 6.88. The average Bonchev–Trinajstić information content (AvgIpc) is 2.36. The quantitative estimate of drug-likeness (QED) is 0.777. The van der Waals surface area contributed by atoms with Crippen LogP contribution in [-0.2, 0) is 0 Å². The Labute approximate surface area is 121 Å².